The molecule has 1 fully saturated rings. The van der Waals surface area contributed by atoms with Gasteiger partial charge in [-0.15, -0.1) is 10.2 Å². The van der Waals surface area contributed by atoms with Crippen molar-refractivity contribution in [2.45, 2.75) is 38.4 Å². The third kappa shape index (κ3) is 3.85. The second-order valence-electron chi connectivity index (χ2n) is 5.80. The Kier molecular flexibility index (Phi) is 5.03. The van der Waals surface area contributed by atoms with Crippen LogP contribution in [0.2, 0.25) is 5.02 Å². The number of hydrogen-bond donors (Lipinski definition) is 1. The molecule has 6 nitrogen and oxygen atoms in total. The fraction of sp³-hybridized carbons (Fsp3) is 0.438. The molecule has 0 aliphatic carbocycles. The van der Waals surface area contributed by atoms with Gasteiger partial charge in [-0.2, -0.15) is 0 Å². The van der Waals surface area contributed by atoms with Gasteiger partial charge in [-0.05, 0) is 51.0 Å². The highest BCUT2D eigenvalue weighted by Crippen LogP contribution is 2.30. The van der Waals surface area contributed by atoms with Gasteiger partial charge in [-0.25, -0.2) is 0 Å². The Morgan fingerprint density at radius 3 is 2.83 bits per heavy atom. The molecule has 1 amide bonds. The Hall–Kier alpha value is -1.70. The van der Waals surface area contributed by atoms with Crippen molar-refractivity contribution in [3.05, 3.63) is 34.3 Å². The molecule has 2 unspecified atom stereocenters. The Balaban J connectivity index is 1.62. The highest BCUT2D eigenvalue weighted by molar-refractivity contribution is 7.15. The van der Waals surface area contributed by atoms with Gasteiger partial charge < -0.3 is 9.47 Å². The molecule has 1 aliphatic heterocycles. The maximum Gasteiger partial charge on any atom is 0.258 e. The lowest BCUT2D eigenvalue weighted by molar-refractivity contribution is -0.133. The van der Waals surface area contributed by atoms with Crippen LogP contribution < -0.4 is 10.1 Å². The van der Waals surface area contributed by atoms with Crippen molar-refractivity contribution in [1.82, 2.24) is 10.2 Å². The van der Waals surface area contributed by atoms with Crippen LogP contribution in [0.4, 0.5) is 5.13 Å². The van der Waals surface area contributed by atoms with Crippen LogP contribution in [0.25, 0.3) is 0 Å². The average molecular weight is 368 g/mol. The summed E-state index contributed by atoms with van der Waals surface area (Å²) in [5.74, 6) is 0.508. The number of carbonyl (C=O) groups is 1. The molecular formula is C16H18ClN3O3S. The van der Waals surface area contributed by atoms with Crippen molar-refractivity contribution >= 4 is 34.0 Å². The summed E-state index contributed by atoms with van der Waals surface area (Å²) >= 11 is 7.14. The fourth-order valence-corrected chi connectivity index (χ4v) is 3.25. The van der Waals surface area contributed by atoms with Gasteiger partial charge in [0.05, 0.1) is 0 Å². The van der Waals surface area contributed by atoms with Gasteiger partial charge in [0.1, 0.15) is 17.5 Å². The van der Waals surface area contributed by atoms with Gasteiger partial charge in [0, 0.05) is 11.6 Å². The molecule has 0 saturated carbocycles. The van der Waals surface area contributed by atoms with Crippen LogP contribution in [-0.2, 0) is 9.53 Å². The van der Waals surface area contributed by atoms with E-state index in [9.17, 15) is 4.79 Å². The van der Waals surface area contributed by atoms with E-state index in [1.165, 1.54) is 11.3 Å². The molecule has 128 valence electrons. The Morgan fingerprint density at radius 1 is 1.42 bits per heavy atom. The van der Waals surface area contributed by atoms with Gasteiger partial charge in [0.25, 0.3) is 5.91 Å². The van der Waals surface area contributed by atoms with E-state index in [-0.39, 0.29) is 12.0 Å². The molecule has 2 aromatic rings. The number of aromatic nitrogens is 2. The predicted molar refractivity (Wildman–Crippen MR) is 92.6 cm³/mol. The zero-order valence-electron chi connectivity index (χ0n) is 13.4. The van der Waals surface area contributed by atoms with E-state index >= 15 is 0 Å². The number of amides is 1. The first-order chi connectivity index (χ1) is 11.5. The van der Waals surface area contributed by atoms with Crippen LogP contribution in [0, 0.1) is 0 Å². The minimum atomic E-state index is -0.780. The van der Waals surface area contributed by atoms with Crippen molar-refractivity contribution in [1.29, 1.82) is 0 Å². The van der Waals surface area contributed by atoms with Gasteiger partial charge >= 0.3 is 0 Å². The summed E-state index contributed by atoms with van der Waals surface area (Å²) in [5, 5.41) is 12.7. The summed E-state index contributed by atoms with van der Waals surface area (Å²) < 4.78 is 11.3. The number of nitrogens with zero attached hydrogens (tertiary/aromatic N) is 2. The molecule has 2 heterocycles. The van der Waals surface area contributed by atoms with E-state index in [2.05, 4.69) is 15.5 Å². The van der Waals surface area contributed by atoms with Crippen molar-refractivity contribution in [2.24, 2.45) is 0 Å². The number of hydrogen-bond acceptors (Lipinski definition) is 6. The molecule has 3 rings (SSSR count). The summed E-state index contributed by atoms with van der Waals surface area (Å²) in [6.07, 6.45) is 1.31. The number of rotatable bonds is 5. The minimum Gasteiger partial charge on any atom is -0.483 e. The van der Waals surface area contributed by atoms with Crippen LogP contribution in [-0.4, -0.2) is 28.3 Å². The Bertz CT molecular complexity index is 714. The summed E-state index contributed by atoms with van der Waals surface area (Å²) in [5.41, 5.74) is -0.780. The lowest BCUT2D eigenvalue weighted by atomic mass is 10.0. The maximum absolute atomic E-state index is 12.3. The highest BCUT2D eigenvalue weighted by atomic mass is 35.5. The molecule has 1 aromatic heterocycles. The quantitative estimate of drug-likeness (QED) is 0.869. The molecule has 24 heavy (non-hydrogen) atoms. The van der Waals surface area contributed by atoms with E-state index in [4.69, 9.17) is 21.1 Å². The molecule has 1 aromatic carbocycles. The van der Waals surface area contributed by atoms with Crippen molar-refractivity contribution < 1.29 is 14.3 Å². The number of benzene rings is 1. The first kappa shape index (κ1) is 17.1. The smallest absolute Gasteiger partial charge is 0.258 e. The van der Waals surface area contributed by atoms with Crippen LogP contribution in [0.1, 0.15) is 37.8 Å². The second kappa shape index (κ2) is 7.04. The first-order valence-electron chi connectivity index (χ1n) is 7.67. The molecular weight excluding hydrogens is 350 g/mol. The van der Waals surface area contributed by atoms with Crippen LogP contribution in [0.15, 0.2) is 24.3 Å². The molecule has 1 saturated heterocycles. The van der Waals surface area contributed by atoms with Crippen LogP contribution in [0.5, 0.6) is 5.75 Å². The summed E-state index contributed by atoms with van der Waals surface area (Å²) in [4.78, 5) is 12.3. The summed E-state index contributed by atoms with van der Waals surface area (Å²) in [6, 6.07) is 7.11. The maximum atomic E-state index is 12.3. The number of carbonyl (C=O) groups excluding carboxylic acids is 1. The third-order valence-corrected chi connectivity index (χ3v) is 5.09. The van der Waals surface area contributed by atoms with E-state index in [1.54, 1.807) is 31.2 Å². The van der Waals surface area contributed by atoms with Gasteiger partial charge in [0.2, 0.25) is 5.13 Å². The molecule has 0 radical (unpaired) electrons. The predicted octanol–water partition coefficient (Wildman–Crippen LogP) is 3.84. The van der Waals surface area contributed by atoms with E-state index in [1.807, 2.05) is 6.92 Å². The molecule has 1 N–H and O–H groups in total. The van der Waals surface area contributed by atoms with Gasteiger partial charge in [0.15, 0.2) is 5.01 Å². The van der Waals surface area contributed by atoms with E-state index < -0.39 is 5.60 Å². The Labute approximate surface area is 149 Å². The molecule has 2 atom stereocenters. The van der Waals surface area contributed by atoms with Crippen LogP contribution in [0.3, 0.4) is 0 Å². The average Bonchev–Trinajstić information content (AvgIpc) is 3.20. The first-order valence-corrected chi connectivity index (χ1v) is 8.87. The number of halogens is 1. The van der Waals surface area contributed by atoms with Gasteiger partial charge in [-0.1, -0.05) is 22.9 Å². The molecule has 1 aliphatic rings. The van der Waals surface area contributed by atoms with Crippen LogP contribution >= 0.6 is 22.9 Å². The number of ether oxygens (including phenoxy) is 2. The van der Waals surface area contributed by atoms with Crippen molar-refractivity contribution in [3.63, 3.8) is 0 Å². The highest BCUT2D eigenvalue weighted by Gasteiger charge is 2.38. The topological polar surface area (TPSA) is 73.3 Å². The van der Waals surface area contributed by atoms with E-state index in [0.717, 1.165) is 6.42 Å². The second-order valence-corrected chi connectivity index (χ2v) is 7.24. The Morgan fingerprint density at radius 2 is 2.17 bits per heavy atom. The number of anilines is 1. The SMILES string of the molecule is CC(Oc1ccc(Cl)cc1)c1nnc(NC(=O)C2(C)CCCO2)s1. The molecule has 8 heteroatoms. The fourth-order valence-electron chi connectivity index (χ4n) is 2.40. The lowest BCUT2D eigenvalue weighted by Gasteiger charge is -2.20. The molecule has 0 bridgehead atoms. The zero-order chi connectivity index (χ0) is 17.2. The zero-order valence-corrected chi connectivity index (χ0v) is 15.0. The van der Waals surface area contributed by atoms with Gasteiger partial charge in [-0.3, -0.25) is 10.1 Å². The lowest BCUT2D eigenvalue weighted by Crippen LogP contribution is -2.39. The summed E-state index contributed by atoms with van der Waals surface area (Å²) in [7, 11) is 0. The molecule has 0 spiro atoms. The van der Waals surface area contributed by atoms with Crippen molar-refractivity contribution in [3.8, 4) is 5.75 Å². The standard InChI is InChI=1S/C16H18ClN3O3S/c1-10(23-12-6-4-11(17)5-7-12)13-19-20-15(24-13)18-14(21)16(2)8-3-9-22-16/h4-7,10H,3,8-9H2,1-2H3,(H,18,20,21). The minimum absolute atomic E-state index is 0.186. The van der Waals surface area contributed by atoms with E-state index in [0.29, 0.717) is 33.9 Å². The normalized spacial score (nSPS) is 21.5. The van der Waals surface area contributed by atoms with Crippen molar-refractivity contribution in [2.75, 3.05) is 11.9 Å². The monoisotopic (exact) mass is 367 g/mol. The number of nitrogens with one attached hydrogen (secondary N) is 1. The largest absolute Gasteiger partial charge is 0.483 e. The summed E-state index contributed by atoms with van der Waals surface area (Å²) in [6.45, 7) is 4.28. The third-order valence-electron chi connectivity index (χ3n) is 3.83.